The number of ether oxygens (including phenoxy) is 1. The molecule has 0 aliphatic rings. The van der Waals surface area contributed by atoms with E-state index in [1.807, 2.05) is 0 Å². The number of azo groups is 1. The minimum Gasteiger partial charge on any atom is -0.426 e. The first kappa shape index (κ1) is 33.6. The van der Waals surface area contributed by atoms with E-state index in [0.29, 0.717) is 23.4 Å². The molecule has 0 radical (unpaired) electrons. The lowest BCUT2D eigenvalue weighted by Crippen LogP contribution is -2.10. The van der Waals surface area contributed by atoms with E-state index in [9.17, 15) is 14.4 Å². The van der Waals surface area contributed by atoms with Crippen LogP contribution in [0.2, 0.25) is 0 Å². The van der Waals surface area contributed by atoms with E-state index in [1.165, 1.54) is 13.0 Å². The van der Waals surface area contributed by atoms with Crippen LogP contribution in [0.5, 0.6) is 5.75 Å². The molecule has 1 amide bonds. The Morgan fingerprint density at radius 3 is 1.81 bits per heavy atom. The van der Waals surface area contributed by atoms with Crippen LogP contribution in [0.4, 0.5) is 11.4 Å². The van der Waals surface area contributed by atoms with E-state index < -0.39 is 11.9 Å². The monoisotopic (exact) mass is 567 g/mol. The van der Waals surface area contributed by atoms with Crippen molar-refractivity contribution in [1.29, 1.82) is 0 Å². The fourth-order valence-electron chi connectivity index (χ4n) is 3.66. The molecule has 42 heavy (non-hydrogen) atoms. The third-order valence-electron chi connectivity index (χ3n) is 5.91. The van der Waals surface area contributed by atoms with Gasteiger partial charge < -0.3 is 10.5 Å². The largest absolute Gasteiger partial charge is 0.426 e. The molecular formula is C35H41N3O4. The number of amides is 1. The molecule has 2 N–H and O–H groups in total. The minimum absolute atomic E-state index is 0.201. The van der Waals surface area contributed by atoms with Crippen LogP contribution in [0.3, 0.4) is 0 Å². The van der Waals surface area contributed by atoms with Gasteiger partial charge in [0, 0.05) is 12.0 Å². The molecule has 0 saturated carbocycles. The lowest BCUT2D eigenvalue weighted by molar-refractivity contribution is -0.134. The van der Waals surface area contributed by atoms with Crippen molar-refractivity contribution in [2.75, 3.05) is 0 Å². The number of primary amides is 1. The van der Waals surface area contributed by atoms with Gasteiger partial charge >= 0.3 is 5.97 Å². The molecule has 2 rings (SSSR count). The highest BCUT2D eigenvalue weighted by atomic mass is 16.5. The summed E-state index contributed by atoms with van der Waals surface area (Å²) < 4.78 is 5.46. The first-order valence-corrected chi connectivity index (χ1v) is 14.3. The Morgan fingerprint density at radius 2 is 1.26 bits per heavy atom. The summed E-state index contributed by atoms with van der Waals surface area (Å²) in [5.74, 6) is -0.968. The van der Waals surface area contributed by atoms with Crippen LogP contribution in [0.15, 0.2) is 113 Å². The van der Waals surface area contributed by atoms with Crippen LogP contribution in [0, 0.1) is 0 Å². The van der Waals surface area contributed by atoms with Gasteiger partial charge in [0.15, 0.2) is 5.78 Å². The van der Waals surface area contributed by atoms with E-state index in [1.54, 1.807) is 36.4 Å². The number of hydrogen-bond donors (Lipinski definition) is 1. The highest BCUT2D eigenvalue weighted by molar-refractivity contribution is 5.98. The average Bonchev–Trinajstić information content (AvgIpc) is 2.98. The van der Waals surface area contributed by atoms with E-state index in [-0.39, 0.29) is 23.5 Å². The zero-order valence-electron chi connectivity index (χ0n) is 24.6. The van der Waals surface area contributed by atoms with Gasteiger partial charge in [0.2, 0.25) is 5.91 Å². The Morgan fingerprint density at radius 1 is 0.738 bits per heavy atom. The summed E-state index contributed by atoms with van der Waals surface area (Å²) in [6.07, 6.45) is 28.0. The predicted octanol–water partition coefficient (Wildman–Crippen LogP) is 9.23. The van der Waals surface area contributed by atoms with Gasteiger partial charge in [0.25, 0.3) is 0 Å². The maximum Gasteiger partial charge on any atom is 0.311 e. The molecule has 7 heteroatoms. The smallest absolute Gasteiger partial charge is 0.311 e. The topological polar surface area (TPSA) is 111 Å². The molecule has 0 spiro atoms. The predicted molar refractivity (Wildman–Crippen MR) is 170 cm³/mol. The average molecular weight is 568 g/mol. The number of esters is 1. The van der Waals surface area contributed by atoms with E-state index in [4.69, 9.17) is 10.5 Å². The van der Waals surface area contributed by atoms with Crippen molar-refractivity contribution in [2.24, 2.45) is 16.0 Å². The van der Waals surface area contributed by atoms with Crippen molar-refractivity contribution >= 4 is 29.0 Å². The minimum atomic E-state index is -0.524. The summed E-state index contributed by atoms with van der Waals surface area (Å²) >= 11 is 0. The van der Waals surface area contributed by atoms with Crippen molar-refractivity contribution in [3.8, 4) is 5.75 Å². The van der Waals surface area contributed by atoms with Crippen LogP contribution in [-0.4, -0.2) is 17.7 Å². The number of nitrogens with two attached hydrogens (primary N) is 1. The normalized spacial score (nSPS) is 12.1. The zero-order chi connectivity index (χ0) is 30.4. The summed E-state index contributed by atoms with van der Waals surface area (Å²) in [7, 11) is 0. The van der Waals surface area contributed by atoms with Gasteiger partial charge in [0.05, 0.1) is 16.9 Å². The van der Waals surface area contributed by atoms with E-state index in [0.717, 1.165) is 38.5 Å². The molecule has 2 aromatic carbocycles. The number of ketones is 1. The third kappa shape index (κ3) is 14.1. The molecule has 0 aliphatic carbocycles. The third-order valence-corrected chi connectivity index (χ3v) is 5.91. The fraction of sp³-hybridized carbons (Fsp3) is 0.286. The first-order chi connectivity index (χ1) is 20.4. The van der Waals surface area contributed by atoms with Gasteiger partial charge in [0.1, 0.15) is 5.75 Å². The molecule has 0 heterocycles. The Hall–Kier alpha value is -4.65. The maximum absolute atomic E-state index is 12.4. The summed E-state index contributed by atoms with van der Waals surface area (Å²) in [5.41, 5.74) is 6.81. The second kappa shape index (κ2) is 20.3. The van der Waals surface area contributed by atoms with Gasteiger partial charge in [-0.25, -0.2) is 0 Å². The lowest BCUT2D eigenvalue weighted by atomic mass is 10.1. The van der Waals surface area contributed by atoms with Crippen LogP contribution in [0.25, 0.3) is 0 Å². The highest BCUT2D eigenvalue weighted by Gasteiger charge is 2.13. The fourth-order valence-corrected chi connectivity index (χ4v) is 3.66. The molecule has 0 unspecified atom stereocenters. The number of rotatable bonds is 18. The van der Waals surface area contributed by atoms with Crippen molar-refractivity contribution in [3.63, 3.8) is 0 Å². The summed E-state index contributed by atoms with van der Waals surface area (Å²) in [6, 6.07) is 11.0. The van der Waals surface area contributed by atoms with Crippen molar-refractivity contribution in [3.05, 3.63) is 114 Å². The zero-order valence-corrected chi connectivity index (χ0v) is 24.6. The first-order valence-electron chi connectivity index (χ1n) is 14.3. The molecule has 0 atom stereocenters. The quantitative estimate of drug-likeness (QED) is 0.0483. The summed E-state index contributed by atoms with van der Waals surface area (Å²) in [4.78, 5) is 35.7. The Kier molecular flexibility index (Phi) is 16.2. The van der Waals surface area contributed by atoms with Gasteiger partial charge in [-0.3, -0.25) is 14.4 Å². The number of allylic oxidation sites excluding steroid dienone is 10. The van der Waals surface area contributed by atoms with Gasteiger partial charge in [-0.1, -0.05) is 67.7 Å². The van der Waals surface area contributed by atoms with Crippen LogP contribution >= 0.6 is 0 Å². The molecule has 0 saturated heterocycles. The number of nitrogens with zero attached hydrogens (tertiary/aromatic N) is 2. The van der Waals surface area contributed by atoms with Crippen molar-refractivity contribution in [1.82, 2.24) is 0 Å². The van der Waals surface area contributed by atoms with Crippen molar-refractivity contribution < 1.29 is 19.1 Å². The Bertz CT molecular complexity index is 1330. The molecule has 0 fully saturated rings. The Balaban J connectivity index is 1.71. The van der Waals surface area contributed by atoms with E-state index in [2.05, 4.69) is 77.9 Å². The SMILES string of the molecule is CCC=CCC=CCC=CCC=CCC=CCCCC(=O)Oc1ccc(N=Nc2ccc(C(N)=O)cc2)cc1C(C)=O. The number of hydrogen-bond acceptors (Lipinski definition) is 6. The van der Waals surface area contributed by atoms with Crippen LogP contribution < -0.4 is 10.5 Å². The number of carbonyl (C=O) groups is 3. The second-order valence-corrected chi connectivity index (χ2v) is 9.42. The molecule has 0 bridgehead atoms. The molecule has 0 aromatic heterocycles. The summed E-state index contributed by atoms with van der Waals surface area (Å²) in [6.45, 7) is 3.54. The summed E-state index contributed by atoms with van der Waals surface area (Å²) in [5, 5.41) is 8.25. The standard InChI is InChI=1S/C35H41N3O4/c1-3-4-5-6-7-8-9-10-11-12-13-14-15-16-17-18-19-20-34(40)42-33-26-25-31(27-32(33)28(2)39)38-37-30-23-21-29(22-24-30)35(36)41/h4-5,7-8,10-11,13-14,16-17,21-27H,3,6,9,12,15,18-20H2,1-2H3,(H2,36,41). The van der Waals surface area contributed by atoms with Crippen LogP contribution in [-0.2, 0) is 4.79 Å². The number of Topliss-reactive ketones (excluding diaryl/α,β-unsaturated/α-hetero) is 1. The maximum atomic E-state index is 12.4. The molecule has 2 aromatic rings. The van der Waals surface area contributed by atoms with Gasteiger partial charge in [-0.2, -0.15) is 10.2 Å². The lowest BCUT2D eigenvalue weighted by Gasteiger charge is -2.08. The second-order valence-electron chi connectivity index (χ2n) is 9.42. The Labute approximate surface area is 249 Å². The van der Waals surface area contributed by atoms with Crippen molar-refractivity contribution in [2.45, 2.75) is 65.2 Å². The molecule has 220 valence electrons. The highest BCUT2D eigenvalue weighted by Crippen LogP contribution is 2.27. The molecular weight excluding hydrogens is 526 g/mol. The number of carbonyl (C=O) groups excluding carboxylic acids is 3. The van der Waals surface area contributed by atoms with E-state index >= 15 is 0 Å². The number of unbranched alkanes of at least 4 members (excludes halogenated alkanes) is 1. The number of benzene rings is 2. The van der Waals surface area contributed by atoms with Gasteiger partial charge in [-0.05, 0) is 94.3 Å². The van der Waals surface area contributed by atoms with Gasteiger partial charge in [-0.15, -0.1) is 0 Å². The molecule has 7 nitrogen and oxygen atoms in total. The molecule has 0 aliphatic heterocycles. The van der Waals surface area contributed by atoms with Crippen LogP contribution in [0.1, 0.15) is 85.9 Å².